The molecule has 2 heterocycles. The van der Waals surface area contributed by atoms with Gasteiger partial charge in [-0.3, -0.25) is 4.90 Å². The summed E-state index contributed by atoms with van der Waals surface area (Å²) in [7, 11) is 0. The number of para-hydroxylation sites is 1. The van der Waals surface area contributed by atoms with Gasteiger partial charge in [-0.25, -0.2) is 0 Å². The molecule has 1 fully saturated rings. The summed E-state index contributed by atoms with van der Waals surface area (Å²) in [4.78, 5) is 8.55. The Morgan fingerprint density at radius 1 is 1.00 bits per heavy atom. The van der Waals surface area contributed by atoms with E-state index in [0.717, 1.165) is 27.6 Å². The molecule has 3 nitrogen and oxygen atoms in total. The summed E-state index contributed by atoms with van der Waals surface area (Å²) in [5, 5.41) is 4.16. The molecule has 1 saturated heterocycles. The highest BCUT2D eigenvalue weighted by atomic mass is 35.5. The van der Waals surface area contributed by atoms with Gasteiger partial charge in [0.15, 0.2) is 0 Å². The first-order valence-corrected chi connectivity index (χ1v) is 13.2. The van der Waals surface area contributed by atoms with Crippen molar-refractivity contribution >= 4 is 51.9 Å². The van der Waals surface area contributed by atoms with E-state index < -0.39 is 0 Å². The van der Waals surface area contributed by atoms with Crippen molar-refractivity contribution in [2.45, 2.75) is 48.7 Å². The third-order valence-corrected chi connectivity index (χ3v) is 8.14. The molecule has 0 spiro atoms. The third-order valence-electron chi connectivity index (χ3n) is 6.39. The van der Waals surface area contributed by atoms with E-state index in [-0.39, 0.29) is 0 Å². The van der Waals surface area contributed by atoms with Crippen LogP contribution >= 0.6 is 35.6 Å². The van der Waals surface area contributed by atoms with Crippen LogP contribution in [0, 0.1) is 0 Å². The van der Waals surface area contributed by atoms with E-state index in [1.165, 1.54) is 47.1 Å². The molecule has 0 saturated carbocycles. The van der Waals surface area contributed by atoms with Crippen molar-refractivity contribution < 1.29 is 0 Å². The van der Waals surface area contributed by atoms with Gasteiger partial charge in [0.25, 0.3) is 0 Å². The molecule has 3 aromatic rings. The fourth-order valence-corrected chi connectivity index (χ4v) is 6.28. The number of nitrogens with one attached hydrogen (secondary N) is 1. The number of rotatable bonds is 6. The lowest BCUT2D eigenvalue weighted by molar-refractivity contribution is 0.239. The molecule has 0 amide bonds. The largest absolute Gasteiger partial charge is 0.372 e. The normalized spacial score (nSPS) is 16.2. The SMILES string of the molecule is CCC(N1CCCC1)N1c2ccccc2Sc2ccc(C(=S)NCc3cccc(Cl)c3)cc21. The van der Waals surface area contributed by atoms with Gasteiger partial charge in [-0.1, -0.05) is 72.8 Å². The van der Waals surface area contributed by atoms with Crippen molar-refractivity contribution in [1.82, 2.24) is 10.2 Å². The van der Waals surface area contributed by atoms with E-state index in [9.17, 15) is 0 Å². The molecule has 0 radical (unpaired) electrons. The van der Waals surface area contributed by atoms with Gasteiger partial charge >= 0.3 is 0 Å². The minimum absolute atomic E-state index is 0.344. The summed E-state index contributed by atoms with van der Waals surface area (Å²) in [5.41, 5.74) is 4.71. The molecule has 2 aliphatic heterocycles. The Hall–Kier alpha value is -2.05. The number of likely N-dealkylation sites (tertiary alicyclic amines) is 1. The van der Waals surface area contributed by atoms with Crippen LogP contribution in [0.15, 0.2) is 76.5 Å². The lowest BCUT2D eigenvalue weighted by atomic mass is 10.1. The number of thiocarbonyl (C=S) groups is 1. The molecule has 6 heteroatoms. The van der Waals surface area contributed by atoms with Crippen LogP contribution in [0.4, 0.5) is 11.4 Å². The fraction of sp³-hybridized carbons (Fsp3) is 0.296. The van der Waals surface area contributed by atoms with Gasteiger partial charge in [0.1, 0.15) is 4.99 Å². The maximum Gasteiger partial charge on any atom is 0.106 e. The fourth-order valence-electron chi connectivity index (χ4n) is 4.82. The number of benzene rings is 3. The molecule has 33 heavy (non-hydrogen) atoms. The number of halogens is 1. The molecule has 1 unspecified atom stereocenters. The van der Waals surface area contributed by atoms with Crippen LogP contribution in [0.1, 0.15) is 37.3 Å². The number of nitrogens with zero attached hydrogens (tertiary/aromatic N) is 2. The number of anilines is 2. The van der Waals surface area contributed by atoms with Crippen LogP contribution in [0.2, 0.25) is 5.02 Å². The monoisotopic (exact) mass is 493 g/mol. The van der Waals surface area contributed by atoms with Crippen molar-refractivity contribution in [3.05, 3.63) is 82.9 Å². The molecular weight excluding hydrogens is 466 g/mol. The molecule has 0 aliphatic carbocycles. The maximum atomic E-state index is 6.14. The second-order valence-electron chi connectivity index (χ2n) is 8.57. The van der Waals surface area contributed by atoms with E-state index in [1.807, 2.05) is 30.0 Å². The molecule has 170 valence electrons. The first kappa shape index (κ1) is 22.7. The first-order valence-electron chi connectivity index (χ1n) is 11.6. The van der Waals surface area contributed by atoms with Gasteiger partial charge in [0.05, 0.1) is 17.5 Å². The van der Waals surface area contributed by atoms with Crippen molar-refractivity contribution in [2.24, 2.45) is 0 Å². The molecule has 1 N–H and O–H groups in total. The first-order chi connectivity index (χ1) is 16.1. The van der Waals surface area contributed by atoms with Crippen molar-refractivity contribution in [2.75, 3.05) is 18.0 Å². The Bertz CT molecular complexity index is 1160. The Balaban J connectivity index is 1.46. The van der Waals surface area contributed by atoms with E-state index in [1.54, 1.807) is 0 Å². The summed E-state index contributed by atoms with van der Waals surface area (Å²) in [5.74, 6) is 0. The molecule has 2 aliphatic rings. The lowest BCUT2D eigenvalue weighted by Gasteiger charge is -2.42. The zero-order valence-electron chi connectivity index (χ0n) is 18.8. The van der Waals surface area contributed by atoms with Crippen molar-refractivity contribution in [3.63, 3.8) is 0 Å². The van der Waals surface area contributed by atoms with Crippen LogP contribution in [-0.4, -0.2) is 29.1 Å². The molecular formula is C27H28ClN3S2. The van der Waals surface area contributed by atoms with Crippen LogP contribution in [0.5, 0.6) is 0 Å². The van der Waals surface area contributed by atoms with Crippen molar-refractivity contribution in [3.8, 4) is 0 Å². The van der Waals surface area contributed by atoms with E-state index in [4.69, 9.17) is 23.8 Å². The minimum atomic E-state index is 0.344. The third kappa shape index (κ3) is 4.78. The van der Waals surface area contributed by atoms with Crippen LogP contribution in [0.25, 0.3) is 0 Å². The number of hydrogen-bond donors (Lipinski definition) is 1. The summed E-state index contributed by atoms with van der Waals surface area (Å²) >= 11 is 13.8. The molecule has 0 aromatic heterocycles. The quantitative estimate of drug-likeness (QED) is 0.363. The number of fused-ring (bicyclic) bond motifs is 2. The second-order valence-corrected chi connectivity index (χ2v) is 10.5. The Morgan fingerprint density at radius 2 is 1.79 bits per heavy atom. The molecule has 1 atom stereocenters. The highest BCUT2D eigenvalue weighted by Gasteiger charge is 2.33. The zero-order chi connectivity index (χ0) is 22.8. The summed E-state index contributed by atoms with van der Waals surface area (Å²) in [6, 6.07) is 23.3. The summed E-state index contributed by atoms with van der Waals surface area (Å²) in [6.45, 7) is 5.29. The van der Waals surface area contributed by atoms with Gasteiger partial charge in [-0.05, 0) is 61.2 Å². The average Bonchev–Trinajstić information content (AvgIpc) is 3.37. The Morgan fingerprint density at radius 3 is 2.58 bits per heavy atom. The number of hydrogen-bond acceptors (Lipinski definition) is 4. The Labute approximate surface area is 211 Å². The van der Waals surface area contributed by atoms with Crippen molar-refractivity contribution in [1.29, 1.82) is 0 Å². The molecule has 5 rings (SSSR count). The average molecular weight is 494 g/mol. The van der Waals surface area contributed by atoms with E-state index >= 15 is 0 Å². The zero-order valence-corrected chi connectivity index (χ0v) is 21.1. The standard InChI is InChI=1S/C27H28ClN3S2/c1-2-26(30-14-5-6-15-30)31-22-10-3-4-11-24(22)33-25-13-12-20(17-23(25)31)27(32)29-18-19-8-7-9-21(28)16-19/h3-4,7-13,16-17,26H,2,5-6,14-15,18H2,1H3,(H,29,32). The van der Waals surface area contributed by atoms with Gasteiger partial charge in [0, 0.05) is 40.0 Å². The van der Waals surface area contributed by atoms with Gasteiger partial charge in [-0.15, -0.1) is 0 Å². The molecule has 3 aromatic carbocycles. The topological polar surface area (TPSA) is 18.5 Å². The second kappa shape index (κ2) is 10.1. The van der Waals surface area contributed by atoms with Gasteiger partial charge in [-0.2, -0.15) is 0 Å². The maximum absolute atomic E-state index is 6.14. The van der Waals surface area contributed by atoms with Gasteiger partial charge < -0.3 is 10.2 Å². The predicted octanol–water partition coefficient (Wildman–Crippen LogP) is 7.24. The van der Waals surface area contributed by atoms with E-state index in [2.05, 4.69) is 70.6 Å². The minimum Gasteiger partial charge on any atom is -0.372 e. The molecule has 0 bridgehead atoms. The van der Waals surface area contributed by atoms with Crippen LogP contribution in [-0.2, 0) is 6.54 Å². The predicted molar refractivity (Wildman–Crippen MR) is 144 cm³/mol. The van der Waals surface area contributed by atoms with E-state index in [0.29, 0.717) is 12.7 Å². The van der Waals surface area contributed by atoms with Crippen LogP contribution < -0.4 is 10.2 Å². The summed E-state index contributed by atoms with van der Waals surface area (Å²) in [6.07, 6.45) is 3.98. The highest BCUT2D eigenvalue weighted by Crippen LogP contribution is 2.50. The van der Waals surface area contributed by atoms with Gasteiger partial charge in [0.2, 0.25) is 0 Å². The lowest BCUT2D eigenvalue weighted by Crippen LogP contribution is -2.45. The Kier molecular flexibility index (Phi) is 6.93. The highest BCUT2D eigenvalue weighted by molar-refractivity contribution is 7.99. The smallest absolute Gasteiger partial charge is 0.106 e. The van der Waals surface area contributed by atoms with Crippen LogP contribution in [0.3, 0.4) is 0 Å². The summed E-state index contributed by atoms with van der Waals surface area (Å²) < 4.78 is 0.